The smallest absolute Gasteiger partial charge is 0.467 e. The molecule has 0 bridgehead atoms. The van der Waals surface area contributed by atoms with E-state index in [0.717, 1.165) is 62.5 Å². The number of nitrogens with one attached hydrogen (secondary N) is 8. The van der Waals surface area contributed by atoms with E-state index in [1.165, 1.54) is 13.8 Å². The highest BCUT2D eigenvalue weighted by Gasteiger charge is 2.57. The fourth-order valence-electron chi connectivity index (χ4n) is 8.55. The lowest BCUT2D eigenvalue weighted by Gasteiger charge is -2.50. The number of nitrogens with two attached hydrogens (primary N) is 1. The van der Waals surface area contributed by atoms with Gasteiger partial charge in [0.25, 0.3) is 0 Å². The summed E-state index contributed by atoms with van der Waals surface area (Å²) in [5.74, 6) is -15.2. The summed E-state index contributed by atoms with van der Waals surface area (Å²) in [4.78, 5) is 198. The summed E-state index contributed by atoms with van der Waals surface area (Å²) >= 11 is 0. The molecule has 0 unspecified atom stereocenters. The van der Waals surface area contributed by atoms with E-state index in [2.05, 4.69) is 42.0 Å². The van der Waals surface area contributed by atoms with Crippen molar-refractivity contribution in [3.05, 3.63) is 0 Å². The molecule has 2 fully saturated rings. The van der Waals surface area contributed by atoms with Gasteiger partial charge in [-0.2, -0.15) is 13.2 Å². The number of methoxy groups -OCH3 is 1. The van der Waals surface area contributed by atoms with Crippen LogP contribution in [-0.2, 0) is 119 Å². The van der Waals surface area contributed by atoms with E-state index >= 15 is 0 Å². The Morgan fingerprint density at radius 1 is 0.589 bits per heavy atom. The molecule has 2 rings (SSSR count). The Labute approximate surface area is 511 Å². The minimum Gasteiger partial charge on any atom is -0.467 e. The third-order valence-electron chi connectivity index (χ3n) is 12.7. The van der Waals surface area contributed by atoms with Gasteiger partial charge in [-0.1, -0.05) is 0 Å². The molecule has 0 saturated carbocycles. The molecule has 12 N–H and O–H groups in total. The number of carbonyl (C=O) groups is 14. The number of hydrogen-bond donors (Lipinski definition) is 11. The lowest BCUT2D eigenvalue weighted by atomic mass is 9.93. The molecule has 0 aromatic carbocycles. The van der Waals surface area contributed by atoms with Crippen LogP contribution in [0.2, 0.25) is 0 Å². The number of hydrogen-bond acceptors (Lipinski definition) is 25. The first-order valence-electron chi connectivity index (χ1n) is 27.4. The van der Waals surface area contributed by atoms with E-state index in [4.69, 9.17) is 48.2 Å². The second-order valence-corrected chi connectivity index (χ2v) is 21.5. The Bertz CT molecular complexity index is 2650. The fourth-order valence-corrected chi connectivity index (χ4v) is 9.01. The van der Waals surface area contributed by atoms with Crippen LogP contribution in [0.3, 0.4) is 0 Å². The van der Waals surface area contributed by atoms with Crippen LogP contribution in [0.15, 0.2) is 0 Å². The molecule has 16 atom stereocenters. The maximum absolute atomic E-state index is 14.1. The van der Waals surface area contributed by atoms with Crippen LogP contribution < -0.4 is 48.3 Å². The van der Waals surface area contributed by atoms with E-state index in [1.807, 2.05) is 0 Å². The van der Waals surface area contributed by atoms with Gasteiger partial charge in [-0.3, -0.25) is 66.9 Å². The van der Waals surface area contributed by atoms with Crippen LogP contribution >= 0.6 is 7.82 Å². The summed E-state index contributed by atoms with van der Waals surface area (Å²) in [7, 11) is -4.58. The molecule has 2 aliphatic heterocycles. The first kappa shape index (κ1) is 78.4. The number of phosphoric ester groups is 1. The minimum absolute atomic E-state index is 0.0957. The summed E-state index contributed by atoms with van der Waals surface area (Å²) in [6, 6.07) is -11.1. The Hall–Kier alpha value is -7.68. The van der Waals surface area contributed by atoms with E-state index in [-0.39, 0.29) is 19.3 Å². The van der Waals surface area contributed by atoms with E-state index < -0.39 is 227 Å². The number of esters is 5. The van der Waals surface area contributed by atoms with Gasteiger partial charge in [-0.15, -0.1) is 0 Å². The summed E-state index contributed by atoms with van der Waals surface area (Å²) in [5, 5.41) is 17.9. The molecule has 510 valence electrons. The third-order valence-corrected chi connectivity index (χ3v) is 13.1. The molecule has 40 heteroatoms. The first-order chi connectivity index (χ1) is 41.6. The highest BCUT2D eigenvalue weighted by Crippen LogP contribution is 2.42. The SMILES string of the molecule is COC(=O)[C@@H](C)NC(=O)[C@@H](C)NC(=O)[C@H](CCCCNC(=O)C(F)(F)F)NC(=O)CC[C@@H](NC(=O)[C@H](C)NC(=O)[C@@H](C)O[C@@H]1[C@@H](NC(C)=O)[C@@H](OP(=O)(O)O)O[C@H](COC(C)=O)[C@H]1O[C@@H]1O[C@H](COC(C)=O)[C@@H](OC(C)=O)[C@H](OC(C)=O)[C@H]1NC(C)=O)C(N)=O. The maximum atomic E-state index is 14.1. The number of ether oxygens (including phenoxy) is 9. The van der Waals surface area contributed by atoms with Gasteiger partial charge in [0.2, 0.25) is 47.3 Å². The van der Waals surface area contributed by atoms with Crippen LogP contribution in [0.25, 0.3) is 0 Å². The molecule has 90 heavy (non-hydrogen) atoms. The van der Waals surface area contributed by atoms with Gasteiger partial charge in [-0.05, 0) is 53.4 Å². The molecule has 2 aliphatic rings. The molecule has 0 spiro atoms. The van der Waals surface area contributed by atoms with Gasteiger partial charge in [-0.25, -0.2) is 9.36 Å². The lowest BCUT2D eigenvalue weighted by Crippen LogP contribution is -2.70. The molecule has 0 radical (unpaired) electrons. The number of unbranched alkanes of at least 4 members (excludes halogenated alkanes) is 1. The van der Waals surface area contributed by atoms with E-state index in [9.17, 15) is 94.6 Å². The van der Waals surface area contributed by atoms with Crippen molar-refractivity contribution >= 4 is 90.8 Å². The zero-order valence-electron chi connectivity index (χ0n) is 50.7. The van der Waals surface area contributed by atoms with E-state index in [0.29, 0.717) is 0 Å². The molecule has 9 amide bonds. The predicted octanol–water partition coefficient (Wildman–Crippen LogP) is -4.53. The summed E-state index contributed by atoms with van der Waals surface area (Å²) in [6.07, 6.45) is -24.0. The number of phosphoric acid groups is 1. The molecule has 0 aromatic rings. The van der Waals surface area contributed by atoms with Gasteiger partial charge in [0, 0.05) is 54.5 Å². The molecular weight excluding hydrogens is 1250 g/mol. The number of primary amides is 1. The number of carbonyl (C=O) groups excluding carboxylic acids is 14. The van der Waals surface area contributed by atoms with Crippen LogP contribution in [-0.4, -0.2) is 223 Å². The zero-order valence-corrected chi connectivity index (χ0v) is 51.5. The van der Waals surface area contributed by atoms with Crippen LogP contribution in [0.1, 0.15) is 101 Å². The Morgan fingerprint density at radius 2 is 1.08 bits per heavy atom. The van der Waals surface area contributed by atoms with Crippen molar-refractivity contribution in [2.75, 3.05) is 26.9 Å². The average molecular weight is 1320 g/mol. The molecule has 2 saturated heterocycles. The topological polar surface area (TPSA) is 511 Å². The summed E-state index contributed by atoms with van der Waals surface area (Å²) < 4.78 is 106. The Balaban J connectivity index is 2.54. The standard InChI is InChI=1S/C50H77F3N9O27P/c1-20(42(71)58-22(3)46(75)80-11)57-45(74)31(14-12-13-17-55-49(76)50(51,52)53)61-34(69)16-15-30(41(54)70)62-43(72)21(2)56-44(73)23(4)83-39-36(60-25(6)64)48(89-90(77,78)79)87-33(19-82-27(8)66)38(39)88-47-35(59-24(5)63)40(85-29(10)68)37(84-28(9)67)32(86-47)18-81-26(7)65/h20-23,30-33,35-40,47-48H,12-19H2,1-11H3,(H2,54,70)(H,55,76)(H,56,73)(H,57,74)(H,58,71)(H,59,63)(H,60,64)(H,61,69)(H,62,72)(H2,77,78,79)/t20-,21+,22-,23-,30-,31+,32-,33-,35-,36-,37-,38-,39-,40-,47+,48-/m1/s1. The van der Waals surface area contributed by atoms with Gasteiger partial charge in [0.1, 0.15) is 86.0 Å². The minimum atomic E-state index is -5.64. The van der Waals surface area contributed by atoms with Crippen LogP contribution in [0.5, 0.6) is 0 Å². The van der Waals surface area contributed by atoms with Crippen LogP contribution in [0, 0.1) is 0 Å². The Morgan fingerprint density at radius 3 is 1.57 bits per heavy atom. The first-order valence-corrected chi connectivity index (χ1v) is 28.9. The number of alkyl halides is 3. The van der Waals surface area contributed by atoms with Gasteiger partial charge in [0.15, 0.2) is 24.8 Å². The quantitative estimate of drug-likeness (QED) is 0.0128. The normalized spacial score (nSPS) is 23.5. The second-order valence-electron chi connectivity index (χ2n) is 20.3. The predicted molar refractivity (Wildman–Crippen MR) is 289 cm³/mol. The third kappa shape index (κ3) is 27.2. The largest absolute Gasteiger partial charge is 0.472 e. The highest BCUT2D eigenvalue weighted by molar-refractivity contribution is 7.46. The van der Waals surface area contributed by atoms with Crippen molar-refractivity contribution in [1.82, 2.24) is 42.5 Å². The van der Waals surface area contributed by atoms with Gasteiger partial charge >= 0.3 is 49.8 Å². The average Bonchev–Trinajstić information content (AvgIpc) is 0.807. The lowest BCUT2D eigenvalue weighted by molar-refractivity contribution is -0.332. The van der Waals surface area contributed by atoms with Gasteiger partial charge < -0.3 is 101 Å². The monoisotopic (exact) mass is 1320 g/mol. The zero-order chi connectivity index (χ0) is 68.7. The molecule has 2 heterocycles. The van der Waals surface area contributed by atoms with Crippen LogP contribution in [0.4, 0.5) is 13.2 Å². The summed E-state index contributed by atoms with van der Waals surface area (Å²) in [5.41, 5.74) is 5.56. The van der Waals surface area contributed by atoms with Crippen molar-refractivity contribution in [3.8, 4) is 0 Å². The number of rotatable bonds is 33. The van der Waals surface area contributed by atoms with Crippen molar-refractivity contribution in [1.29, 1.82) is 0 Å². The highest BCUT2D eigenvalue weighted by atomic mass is 31.2. The summed E-state index contributed by atoms with van der Waals surface area (Å²) in [6.45, 7) is 8.26. The molecular formula is C50H77F3N9O27P. The van der Waals surface area contributed by atoms with E-state index in [1.54, 1.807) is 5.32 Å². The molecule has 0 aliphatic carbocycles. The number of halogens is 3. The molecule has 0 aromatic heterocycles. The second kappa shape index (κ2) is 36.2. The Kier molecular flexibility index (Phi) is 31.6. The van der Waals surface area contributed by atoms with Crippen molar-refractivity contribution in [2.45, 2.75) is 205 Å². The maximum Gasteiger partial charge on any atom is 0.472 e. The molecule has 36 nitrogen and oxygen atoms in total. The number of amides is 9. The van der Waals surface area contributed by atoms with Gasteiger partial charge in [0.05, 0.1) is 7.11 Å². The van der Waals surface area contributed by atoms with Crippen molar-refractivity contribution in [3.63, 3.8) is 0 Å². The fraction of sp³-hybridized carbons (Fsp3) is 0.720. The van der Waals surface area contributed by atoms with Crippen molar-refractivity contribution < 1.29 is 142 Å². The van der Waals surface area contributed by atoms with Crippen molar-refractivity contribution in [2.24, 2.45) is 5.73 Å².